The minimum Gasteiger partial charge on any atom is -0.465 e. The number of benzene rings is 2. The fourth-order valence-electron chi connectivity index (χ4n) is 1.66. The van der Waals surface area contributed by atoms with Crippen LogP contribution in [0.2, 0.25) is 0 Å². The molecule has 0 bridgehead atoms. The molecule has 0 aliphatic carbocycles. The summed E-state index contributed by atoms with van der Waals surface area (Å²) in [5.41, 5.74) is 0.601. The predicted molar refractivity (Wildman–Crippen MR) is 73.7 cm³/mol. The van der Waals surface area contributed by atoms with Gasteiger partial charge in [-0.1, -0.05) is 30.3 Å². The van der Waals surface area contributed by atoms with Gasteiger partial charge in [-0.3, -0.25) is 0 Å². The van der Waals surface area contributed by atoms with E-state index in [1.54, 1.807) is 0 Å². The maximum atomic E-state index is 14.1. The molecule has 0 aliphatic heterocycles. The first-order valence-corrected chi connectivity index (χ1v) is 6.84. The Morgan fingerprint density at radius 2 is 1.90 bits per heavy atom. The van der Waals surface area contributed by atoms with E-state index < -0.39 is 17.6 Å². The van der Waals surface area contributed by atoms with Crippen molar-refractivity contribution in [2.75, 3.05) is 7.11 Å². The number of esters is 1. The van der Waals surface area contributed by atoms with Gasteiger partial charge in [0, 0.05) is 10.6 Å². The molecule has 0 unspecified atom stereocenters. The molecule has 0 saturated carbocycles. The molecule has 0 saturated heterocycles. The van der Waals surface area contributed by atoms with Crippen molar-refractivity contribution < 1.29 is 18.3 Å². The standard InChI is InChI=1S/C15H12F2O2S/c1-19-15(18)12-7-11(16)8-13(14(12)17)20-9-10-5-3-2-4-6-10/h2-8H,9H2,1H3. The molecule has 0 fully saturated rings. The van der Waals surface area contributed by atoms with Crippen molar-refractivity contribution in [1.29, 1.82) is 0 Å². The van der Waals surface area contributed by atoms with Gasteiger partial charge in [-0.15, -0.1) is 11.8 Å². The van der Waals surface area contributed by atoms with Crippen LogP contribution in [0.15, 0.2) is 47.4 Å². The molecule has 0 aliphatic rings. The van der Waals surface area contributed by atoms with Gasteiger partial charge >= 0.3 is 5.97 Å². The quantitative estimate of drug-likeness (QED) is 0.629. The first-order valence-electron chi connectivity index (χ1n) is 5.86. The van der Waals surface area contributed by atoms with Gasteiger partial charge in [-0.2, -0.15) is 0 Å². The molecule has 2 nitrogen and oxygen atoms in total. The average molecular weight is 294 g/mol. The van der Waals surface area contributed by atoms with Gasteiger partial charge in [0.25, 0.3) is 0 Å². The van der Waals surface area contributed by atoms with Crippen LogP contribution < -0.4 is 0 Å². The molecule has 2 rings (SSSR count). The Hall–Kier alpha value is -1.88. The van der Waals surface area contributed by atoms with E-state index in [9.17, 15) is 13.6 Å². The Morgan fingerprint density at radius 1 is 1.20 bits per heavy atom. The molecule has 0 N–H and O–H groups in total. The highest BCUT2D eigenvalue weighted by molar-refractivity contribution is 7.98. The molecule has 0 heterocycles. The summed E-state index contributed by atoms with van der Waals surface area (Å²) in [7, 11) is 1.13. The van der Waals surface area contributed by atoms with Crippen LogP contribution in [0.4, 0.5) is 8.78 Å². The lowest BCUT2D eigenvalue weighted by atomic mass is 10.2. The van der Waals surface area contributed by atoms with Crippen molar-refractivity contribution in [2.45, 2.75) is 10.6 Å². The van der Waals surface area contributed by atoms with Crippen molar-refractivity contribution in [2.24, 2.45) is 0 Å². The van der Waals surface area contributed by atoms with E-state index in [1.807, 2.05) is 30.3 Å². The van der Waals surface area contributed by atoms with Crippen molar-refractivity contribution in [3.8, 4) is 0 Å². The number of methoxy groups -OCH3 is 1. The van der Waals surface area contributed by atoms with Crippen LogP contribution in [0.25, 0.3) is 0 Å². The third-order valence-corrected chi connectivity index (χ3v) is 3.73. The lowest BCUT2D eigenvalue weighted by Crippen LogP contribution is -2.06. The highest BCUT2D eigenvalue weighted by Gasteiger charge is 2.18. The Kier molecular flexibility index (Phi) is 4.74. The summed E-state index contributed by atoms with van der Waals surface area (Å²) in [6, 6.07) is 11.3. The third kappa shape index (κ3) is 3.36. The van der Waals surface area contributed by atoms with Gasteiger partial charge < -0.3 is 4.74 Å². The topological polar surface area (TPSA) is 26.3 Å². The minimum atomic E-state index is -0.886. The Bertz CT molecular complexity index is 615. The largest absolute Gasteiger partial charge is 0.465 e. The van der Waals surface area contributed by atoms with Crippen LogP contribution in [-0.2, 0) is 10.5 Å². The lowest BCUT2D eigenvalue weighted by Gasteiger charge is -2.07. The lowest BCUT2D eigenvalue weighted by molar-refractivity contribution is 0.0594. The van der Waals surface area contributed by atoms with E-state index in [2.05, 4.69) is 4.74 Å². The van der Waals surface area contributed by atoms with Crippen LogP contribution in [0.5, 0.6) is 0 Å². The van der Waals surface area contributed by atoms with Crippen molar-refractivity contribution in [3.05, 3.63) is 65.2 Å². The zero-order valence-corrected chi connectivity index (χ0v) is 11.5. The van der Waals surface area contributed by atoms with Crippen LogP contribution in [-0.4, -0.2) is 13.1 Å². The highest BCUT2D eigenvalue weighted by Crippen LogP contribution is 2.28. The first kappa shape index (κ1) is 14.5. The van der Waals surface area contributed by atoms with Crippen LogP contribution in [0.3, 0.4) is 0 Å². The molecule has 104 valence electrons. The van der Waals surface area contributed by atoms with Gasteiger partial charge in [0.2, 0.25) is 0 Å². The molecular weight excluding hydrogens is 282 g/mol. The molecular formula is C15H12F2O2S. The van der Waals surface area contributed by atoms with Crippen molar-refractivity contribution in [1.82, 2.24) is 0 Å². The van der Waals surface area contributed by atoms with Gasteiger partial charge in [0.15, 0.2) is 5.82 Å². The van der Waals surface area contributed by atoms with Gasteiger partial charge in [-0.25, -0.2) is 13.6 Å². The smallest absolute Gasteiger partial charge is 0.340 e. The van der Waals surface area contributed by atoms with E-state index in [0.717, 1.165) is 36.6 Å². The van der Waals surface area contributed by atoms with Gasteiger partial charge in [-0.05, 0) is 17.7 Å². The Labute approximate surface area is 119 Å². The van der Waals surface area contributed by atoms with Crippen LogP contribution in [0.1, 0.15) is 15.9 Å². The summed E-state index contributed by atoms with van der Waals surface area (Å²) >= 11 is 1.13. The number of carbonyl (C=O) groups is 1. The average Bonchev–Trinajstić information content (AvgIpc) is 2.48. The molecule has 2 aromatic rings. The molecule has 0 spiro atoms. The number of hydrogen-bond acceptors (Lipinski definition) is 3. The van der Waals surface area contributed by atoms with E-state index >= 15 is 0 Å². The fraction of sp³-hybridized carbons (Fsp3) is 0.133. The molecule has 2 aromatic carbocycles. The van der Waals surface area contributed by atoms with Crippen molar-refractivity contribution in [3.63, 3.8) is 0 Å². The number of ether oxygens (including phenoxy) is 1. The van der Waals surface area contributed by atoms with Gasteiger partial charge in [0.05, 0.1) is 12.7 Å². The summed E-state index contributed by atoms with van der Waals surface area (Å²) in [5, 5.41) is 0. The number of thioether (sulfide) groups is 1. The Balaban J connectivity index is 2.23. The number of carbonyl (C=O) groups excluding carboxylic acids is 1. The molecule has 20 heavy (non-hydrogen) atoms. The first-order chi connectivity index (χ1) is 9.61. The number of rotatable bonds is 4. The molecule has 0 amide bonds. The molecule has 0 atom stereocenters. The molecule has 0 radical (unpaired) electrons. The normalized spacial score (nSPS) is 10.3. The summed E-state index contributed by atoms with van der Waals surface area (Å²) in [5.74, 6) is -1.81. The Morgan fingerprint density at radius 3 is 2.55 bits per heavy atom. The van der Waals surface area contributed by atoms with E-state index in [4.69, 9.17) is 0 Å². The number of halogens is 2. The maximum absolute atomic E-state index is 14.1. The summed E-state index contributed by atoms with van der Waals surface area (Å²) in [6.07, 6.45) is 0. The number of hydrogen-bond donors (Lipinski definition) is 0. The zero-order valence-electron chi connectivity index (χ0n) is 10.7. The monoisotopic (exact) mass is 294 g/mol. The van der Waals surface area contributed by atoms with Crippen molar-refractivity contribution >= 4 is 17.7 Å². The van der Waals surface area contributed by atoms with Crippen LogP contribution >= 0.6 is 11.8 Å². The summed E-state index contributed by atoms with van der Waals surface area (Å²) in [4.78, 5) is 11.5. The highest BCUT2D eigenvalue weighted by atomic mass is 32.2. The summed E-state index contributed by atoms with van der Waals surface area (Å²) < 4.78 is 32.0. The van der Waals surface area contributed by atoms with E-state index in [-0.39, 0.29) is 10.5 Å². The summed E-state index contributed by atoms with van der Waals surface area (Å²) in [6.45, 7) is 0. The second-order valence-corrected chi connectivity index (χ2v) is 5.05. The van der Waals surface area contributed by atoms with E-state index in [1.165, 1.54) is 0 Å². The van der Waals surface area contributed by atoms with Crippen LogP contribution in [0, 0.1) is 11.6 Å². The third-order valence-electron chi connectivity index (χ3n) is 2.65. The predicted octanol–water partition coefficient (Wildman–Crippen LogP) is 4.04. The van der Waals surface area contributed by atoms with E-state index in [0.29, 0.717) is 5.75 Å². The molecule has 0 aromatic heterocycles. The SMILES string of the molecule is COC(=O)c1cc(F)cc(SCc2ccccc2)c1F. The second kappa shape index (κ2) is 6.52. The minimum absolute atomic E-state index is 0.0919. The fourth-order valence-corrected chi connectivity index (χ4v) is 2.61. The maximum Gasteiger partial charge on any atom is 0.340 e. The zero-order chi connectivity index (χ0) is 14.5. The van der Waals surface area contributed by atoms with Gasteiger partial charge in [0.1, 0.15) is 5.82 Å². The molecule has 5 heteroatoms. The second-order valence-electron chi connectivity index (χ2n) is 4.03.